The number of hydrogen-bond donors (Lipinski definition) is 1. The van der Waals surface area contributed by atoms with Crippen molar-refractivity contribution in [3.63, 3.8) is 0 Å². The lowest BCUT2D eigenvalue weighted by atomic mass is 10.2. The van der Waals surface area contributed by atoms with Gasteiger partial charge in [0, 0.05) is 5.56 Å². The van der Waals surface area contributed by atoms with Gasteiger partial charge in [-0.3, -0.25) is 4.79 Å². The number of halogens is 1. The average molecular weight is 309 g/mol. The minimum Gasteiger partial charge on any atom is -0.379 e. The molecular formula is C14H12FNO4S. The molecule has 0 saturated carbocycles. The summed E-state index contributed by atoms with van der Waals surface area (Å²) < 4.78 is 42.9. The van der Waals surface area contributed by atoms with Gasteiger partial charge in [-0.25, -0.2) is 4.39 Å². The molecule has 7 heteroatoms. The van der Waals surface area contributed by atoms with Crippen LogP contribution in [0.25, 0.3) is 0 Å². The van der Waals surface area contributed by atoms with E-state index in [-0.39, 0.29) is 16.9 Å². The van der Waals surface area contributed by atoms with Crippen molar-refractivity contribution in [3.05, 3.63) is 59.4 Å². The van der Waals surface area contributed by atoms with Crippen LogP contribution in [0.2, 0.25) is 0 Å². The second-order valence-corrected chi connectivity index (χ2v) is 5.83. The van der Waals surface area contributed by atoms with Crippen molar-refractivity contribution in [1.29, 1.82) is 0 Å². The number of primary amides is 1. The van der Waals surface area contributed by atoms with Gasteiger partial charge in [-0.2, -0.15) is 8.42 Å². The van der Waals surface area contributed by atoms with Crippen molar-refractivity contribution >= 4 is 16.0 Å². The normalized spacial score (nSPS) is 11.1. The number of aryl methyl sites for hydroxylation is 1. The van der Waals surface area contributed by atoms with E-state index >= 15 is 0 Å². The van der Waals surface area contributed by atoms with E-state index in [9.17, 15) is 17.6 Å². The van der Waals surface area contributed by atoms with Gasteiger partial charge >= 0.3 is 10.1 Å². The molecule has 0 unspecified atom stereocenters. The second-order valence-electron chi connectivity index (χ2n) is 4.32. The minimum absolute atomic E-state index is 0.0902. The SMILES string of the molecule is Cc1cccc(S(=O)(=O)Oc2cccc(C(N)=O)c2)c1F. The van der Waals surface area contributed by atoms with Crippen LogP contribution in [0, 0.1) is 12.7 Å². The van der Waals surface area contributed by atoms with Crippen LogP contribution in [-0.2, 0) is 10.1 Å². The molecule has 110 valence electrons. The number of nitrogens with two attached hydrogens (primary N) is 1. The highest BCUT2D eigenvalue weighted by atomic mass is 32.2. The van der Waals surface area contributed by atoms with E-state index in [0.29, 0.717) is 0 Å². The Hall–Kier alpha value is -2.41. The zero-order valence-corrected chi connectivity index (χ0v) is 11.9. The lowest BCUT2D eigenvalue weighted by molar-refractivity contribution is 0.1000. The topological polar surface area (TPSA) is 86.5 Å². The summed E-state index contributed by atoms with van der Waals surface area (Å²) in [7, 11) is -4.34. The Kier molecular flexibility index (Phi) is 3.95. The number of rotatable bonds is 4. The van der Waals surface area contributed by atoms with Crippen molar-refractivity contribution in [3.8, 4) is 5.75 Å². The number of benzene rings is 2. The van der Waals surface area contributed by atoms with Crippen molar-refractivity contribution in [2.24, 2.45) is 5.73 Å². The van der Waals surface area contributed by atoms with E-state index in [1.54, 1.807) is 0 Å². The second kappa shape index (κ2) is 5.53. The maximum absolute atomic E-state index is 13.9. The summed E-state index contributed by atoms with van der Waals surface area (Å²) in [6.45, 7) is 1.45. The standard InChI is InChI=1S/C14H12FNO4S/c1-9-4-2-7-12(13(9)15)21(18,19)20-11-6-3-5-10(8-11)14(16)17/h2-8H,1H3,(H2,16,17). The van der Waals surface area contributed by atoms with E-state index in [1.165, 1.54) is 43.3 Å². The summed E-state index contributed by atoms with van der Waals surface area (Å²) in [4.78, 5) is 10.5. The Balaban J connectivity index is 2.40. The molecule has 1 amide bonds. The molecule has 5 nitrogen and oxygen atoms in total. The molecule has 0 aliphatic carbocycles. The first-order chi connectivity index (χ1) is 9.81. The number of amides is 1. The van der Waals surface area contributed by atoms with Gasteiger partial charge in [-0.05, 0) is 36.8 Å². The van der Waals surface area contributed by atoms with Crippen LogP contribution in [0.4, 0.5) is 4.39 Å². The molecule has 2 N–H and O–H groups in total. The van der Waals surface area contributed by atoms with E-state index < -0.39 is 26.7 Å². The van der Waals surface area contributed by atoms with Crippen LogP contribution < -0.4 is 9.92 Å². The number of hydrogen-bond acceptors (Lipinski definition) is 4. The fourth-order valence-corrected chi connectivity index (χ4v) is 2.76. The van der Waals surface area contributed by atoms with E-state index in [1.807, 2.05) is 0 Å². The molecule has 21 heavy (non-hydrogen) atoms. The molecule has 0 atom stereocenters. The molecule has 2 aromatic rings. The molecule has 0 saturated heterocycles. The molecule has 0 aromatic heterocycles. The predicted octanol–water partition coefficient (Wildman–Crippen LogP) is 2.00. The lowest BCUT2D eigenvalue weighted by Gasteiger charge is -2.09. The first-order valence-corrected chi connectivity index (χ1v) is 7.31. The molecule has 0 heterocycles. The van der Waals surface area contributed by atoms with Crippen LogP contribution >= 0.6 is 0 Å². The molecule has 0 fully saturated rings. The van der Waals surface area contributed by atoms with Gasteiger partial charge in [0.25, 0.3) is 0 Å². The van der Waals surface area contributed by atoms with E-state index in [0.717, 1.165) is 6.07 Å². The van der Waals surface area contributed by atoms with E-state index in [2.05, 4.69) is 0 Å². The zero-order chi connectivity index (χ0) is 15.6. The minimum atomic E-state index is -4.34. The number of carbonyl (C=O) groups is 1. The monoisotopic (exact) mass is 309 g/mol. The van der Waals surface area contributed by atoms with Crippen molar-refractivity contribution in [2.75, 3.05) is 0 Å². The molecule has 0 bridgehead atoms. The van der Waals surface area contributed by atoms with Gasteiger partial charge in [-0.15, -0.1) is 0 Å². The fourth-order valence-electron chi connectivity index (χ4n) is 1.69. The van der Waals surface area contributed by atoms with Crippen LogP contribution in [0.15, 0.2) is 47.4 Å². The maximum Gasteiger partial charge on any atom is 0.342 e. The first kappa shape index (κ1) is 15.0. The van der Waals surface area contributed by atoms with Crippen molar-refractivity contribution in [2.45, 2.75) is 11.8 Å². The Morgan fingerprint density at radius 1 is 1.19 bits per heavy atom. The summed E-state index contributed by atoms with van der Waals surface area (Å²) in [6, 6.07) is 9.30. The van der Waals surface area contributed by atoms with Gasteiger partial charge in [0.15, 0.2) is 0 Å². The van der Waals surface area contributed by atoms with Gasteiger partial charge in [-0.1, -0.05) is 18.2 Å². The average Bonchev–Trinajstić information content (AvgIpc) is 2.41. The predicted molar refractivity (Wildman–Crippen MR) is 73.9 cm³/mol. The summed E-state index contributed by atoms with van der Waals surface area (Å²) >= 11 is 0. The van der Waals surface area contributed by atoms with Crippen LogP contribution in [-0.4, -0.2) is 14.3 Å². The zero-order valence-electron chi connectivity index (χ0n) is 11.0. The van der Waals surface area contributed by atoms with Gasteiger partial charge in [0.2, 0.25) is 5.91 Å². The largest absolute Gasteiger partial charge is 0.379 e. The number of carbonyl (C=O) groups excluding carboxylic acids is 1. The lowest BCUT2D eigenvalue weighted by Crippen LogP contribution is -2.14. The third-order valence-electron chi connectivity index (χ3n) is 2.75. The molecule has 0 aliphatic heterocycles. The highest BCUT2D eigenvalue weighted by Crippen LogP contribution is 2.23. The Morgan fingerprint density at radius 3 is 2.52 bits per heavy atom. The summed E-state index contributed by atoms with van der Waals surface area (Å²) in [6.07, 6.45) is 0. The Morgan fingerprint density at radius 2 is 1.86 bits per heavy atom. The molecular weight excluding hydrogens is 297 g/mol. The molecule has 0 radical (unpaired) electrons. The van der Waals surface area contributed by atoms with Crippen molar-refractivity contribution < 1.29 is 21.8 Å². The molecule has 2 rings (SSSR count). The first-order valence-electron chi connectivity index (χ1n) is 5.91. The third-order valence-corrected chi connectivity index (χ3v) is 4.02. The smallest absolute Gasteiger partial charge is 0.342 e. The summed E-state index contributed by atoms with van der Waals surface area (Å²) in [5.74, 6) is -1.71. The Labute approximate surface area is 121 Å². The van der Waals surface area contributed by atoms with Gasteiger partial charge in [0.05, 0.1) is 0 Å². The quantitative estimate of drug-likeness (QED) is 0.875. The third kappa shape index (κ3) is 3.19. The van der Waals surface area contributed by atoms with Gasteiger partial charge in [0.1, 0.15) is 16.5 Å². The fraction of sp³-hybridized carbons (Fsp3) is 0.0714. The van der Waals surface area contributed by atoms with Crippen LogP contribution in [0.3, 0.4) is 0 Å². The summed E-state index contributed by atoms with van der Waals surface area (Å²) in [5, 5.41) is 0. The van der Waals surface area contributed by atoms with Gasteiger partial charge < -0.3 is 9.92 Å². The van der Waals surface area contributed by atoms with E-state index in [4.69, 9.17) is 9.92 Å². The van der Waals surface area contributed by atoms with Crippen LogP contribution in [0.1, 0.15) is 15.9 Å². The Bertz CT molecular complexity index is 802. The highest BCUT2D eigenvalue weighted by Gasteiger charge is 2.22. The summed E-state index contributed by atoms with van der Waals surface area (Å²) in [5.41, 5.74) is 5.37. The molecule has 0 spiro atoms. The molecule has 2 aromatic carbocycles. The van der Waals surface area contributed by atoms with Crippen molar-refractivity contribution in [1.82, 2.24) is 0 Å². The van der Waals surface area contributed by atoms with Crippen LogP contribution in [0.5, 0.6) is 5.75 Å². The molecule has 0 aliphatic rings. The highest BCUT2D eigenvalue weighted by molar-refractivity contribution is 7.87. The maximum atomic E-state index is 13.9.